The van der Waals surface area contributed by atoms with Gasteiger partial charge in [-0.2, -0.15) is 5.10 Å². The number of H-pyrrole nitrogens is 1. The lowest BCUT2D eigenvalue weighted by Crippen LogP contribution is -2.45. The Morgan fingerprint density at radius 1 is 1.38 bits per heavy atom. The molecule has 3 rings (SSSR count). The average molecular weight is 349 g/mol. The highest BCUT2D eigenvalue weighted by Crippen LogP contribution is 2.23. The van der Waals surface area contributed by atoms with E-state index >= 15 is 0 Å². The Bertz CT molecular complexity index is 678. The lowest BCUT2D eigenvalue weighted by atomic mass is 10.1. The van der Waals surface area contributed by atoms with E-state index in [0.29, 0.717) is 11.6 Å². The van der Waals surface area contributed by atoms with Crippen LogP contribution in [-0.2, 0) is 11.3 Å². The van der Waals surface area contributed by atoms with Crippen LogP contribution in [0.4, 0.5) is 4.79 Å². The number of likely N-dealkylation sites (tertiary alicyclic amines) is 1. The predicted molar refractivity (Wildman–Crippen MR) is 92.9 cm³/mol. The van der Waals surface area contributed by atoms with Crippen LogP contribution in [0.2, 0.25) is 5.02 Å². The zero-order valence-electron chi connectivity index (χ0n) is 13.6. The molecule has 2 amide bonds. The molecular formula is C17H21ClN4O2. The van der Waals surface area contributed by atoms with Gasteiger partial charge in [-0.1, -0.05) is 23.7 Å². The summed E-state index contributed by atoms with van der Waals surface area (Å²) in [5.74, 6) is 0. The number of nitrogens with one attached hydrogen (secondary N) is 2. The van der Waals surface area contributed by atoms with E-state index in [1.807, 2.05) is 29.2 Å². The van der Waals surface area contributed by atoms with Crippen molar-refractivity contribution in [3.8, 4) is 11.3 Å². The standard InChI is InChI=1S/C17H21ClN4O2/c1-24-15-6-8-22(9-7-15)17(23)19-10-13-11-20-21-16(13)12-2-4-14(18)5-3-12/h2-5,11,15H,6-10H2,1H3,(H,19,23)(H,20,21). The molecule has 0 unspecified atom stereocenters. The number of benzene rings is 1. The molecule has 1 aliphatic rings. The Balaban J connectivity index is 1.58. The Morgan fingerprint density at radius 3 is 2.75 bits per heavy atom. The Kier molecular flexibility index (Phi) is 5.37. The largest absolute Gasteiger partial charge is 0.381 e. The highest BCUT2D eigenvalue weighted by Gasteiger charge is 2.22. The minimum absolute atomic E-state index is 0.0483. The highest BCUT2D eigenvalue weighted by molar-refractivity contribution is 6.30. The predicted octanol–water partition coefficient (Wildman–Crippen LogP) is 3.05. The van der Waals surface area contributed by atoms with Gasteiger partial charge in [-0.15, -0.1) is 0 Å². The quantitative estimate of drug-likeness (QED) is 0.892. The van der Waals surface area contributed by atoms with E-state index in [4.69, 9.17) is 16.3 Å². The Labute approximate surface area is 146 Å². The number of carbonyl (C=O) groups is 1. The topological polar surface area (TPSA) is 70.2 Å². The molecule has 128 valence electrons. The van der Waals surface area contributed by atoms with Crippen LogP contribution in [0.15, 0.2) is 30.5 Å². The van der Waals surface area contributed by atoms with Crippen molar-refractivity contribution in [2.24, 2.45) is 0 Å². The third-order valence-corrected chi connectivity index (χ3v) is 4.60. The van der Waals surface area contributed by atoms with Gasteiger partial charge in [0, 0.05) is 37.3 Å². The minimum atomic E-state index is -0.0483. The van der Waals surface area contributed by atoms with E-state index in [9.17, 15) is 4.79 Å². The number of rotatable bonds is 4. The van der Waals surface area contributed by atoms with Gasteiger partial charge < -0.3 is 15.0 Å². The zero-order chi connectivity index (χ0) is 16.9. The summed E-state index contributed by atoms with van der Waals surface area (Å²) in [7, 11) is 1.72. The Morgan fingerprint density at radius 2 is 2.08 bits per heavy atom. The molecule has 6 nitrogen and oxygen atoms in total. The number of ether oxygens (including phenoxy) is 1. The van der Waals surface area contributed by atoms with Gasteiger partial charge in [0.05, 0.1) is 18.0 Å². The van der Waals surface area contributed by atoms with Gasteiger partial charge in [0.2, 0.25) is 0 Å². The second-order valence-electron chi connectivity index (χ2n) is 5.86. The first-order valence-corrected chi connectivity index (χ1v) is 8.39. The molecule has 0 bridgehead atoms. The van der Waals surface area contributed by atoms with Crippen LogP contribution in [0.3, 0.4) is 0 Å². The molecule has 1 aliphatic heterocycles. The lowest BCUT2D eigenvalue weighted by Gasteiger charge is -2.31. The van der Waals surface area contributed by atoms with Crippen LogP contribution in [0, 0.1) is 0 Å². The number of aromatic nitrogens is 2. The number of carbonyl (C=O) groups excluding carboxylic acids is 1. The molecule has 2 heterocycles. The maximum atomic E-state index is 12.3. The summed E-state index contributed by atoms with van der Waals surface area (Å²) in [6.45, 7) is 1.87. The van der Waals surface area contributed by atoms with E-state index in [2.05, 4.69) is 15.5 Å². The lowest BCUT2D eigenvalue weighted by molar-refractivity contribution is 0.0503. The van der Waals surface area contributed by atoms with Crippen molar-refractivity contribution < 1.29 is 9.53 Å². The van der Waals surface area contributed by atoms with Crippen molar-refractivity contribution >= 4 is 17.6 Å². The van der Waals surface area contributed by atoms with Crippen molar-refractivity contribution in [1.82, 2.24) is 20.4 Å². The normalized spacial score (nSPS) is 15.5. The smallest absolute Gasteiger partial charge is 0.317 e. The maximum absolute atomic E-state index is 12.3. The molecule has 2 N–H and O–H groups in total. The summed E-state index contributed by atoms with van der Waals surface area (Å²) >= 11 is 5.93. The van der Waals surface area contributed by atoms with Crippen LogP contribution in [0.5, 0.6) is 0 Å². The van der Waals surface area contributed by atoms with E-state index in [-0.39, 0.29) is 12.1 Å². The molecule has 0 spiro atoms. The van der Waals surface area contributed by atoms with Gasteiger partial charge in [0.15, 0.2) is 0 Å². The van der Waals surface area contributed by atoms with Gasteiger partial charge in [0.1, 0.15) is 0 Å². The fourth-order valence-electron chi connectivity index (χ4n) is 2.89. The van der Waals surface area contributed by atoms with E-state index < -0.39 is 0 Å². The third-order valence-electron chi connectivity index (χ3n) is 4.34. The molecule has 0 saturated carbocycles. The second kappa shape index (κ2) is 7.68. The van der Waals surface area contributed by atoms with Crippen LogP contribution in [0.25, 0.3) is 11.3 Å². The molecule has 0 aliphatic carbocycles. The second-order valence-corrected chi connectivity index (χ2v) is 6.29. The monoisotopic (exact) mass is 348 g/mol. The summed E-state index contributed by atoms with van der Waals surface area (Å²) in [5.41, 5.74) is 2.82. The molecule has 0 radical (unpaired) electrons. The van der Waals surface area contributed by atoms with Crippen molar-refractivity contribution in [1.29, 1.82) is 0 Å². The summed E-state index contributed by atoms with van der Waals surface area (Å²) in [5, 5.41) is 10.7. The van der Waals surface area contributed by atoms with E-state index in [0.717, 1.165) is 42.8 Å². The number of amides is 2. The van der Waals surface area contributed by atoms with Crippen molar-refractivity contribution in [2.45, 2.75) is 25.5 Å². The number of methoxy groups -OCH3 is 1. The summed E-state index contributed by atoms with van der Waals surface area (Å²) < 4.78 is 5.33. The molecule has 1 fully saturated rings. The molecule has 1 aromatic carbocycles. The molecular weight excluding hydrogens is 328 g/mol. The van der Waals surface area contributed by atoms with E-state index in [1.54, 1.807) is 13.3 Å². The first-order valence-electron chi connectivity index (χ1n) is 8.01. The number of nitrogens with zero attached hydrogens (tertiary/aromatic N) is 2. The van der Waals surface area contributed by atoms with Crippen LogP contribution in [0.1, 0.15) is 18.4 Å². The molecule has 7 heteroatoms. The number of halogens is 1. The van der Waals surface area contributed by atoms with Crippen molar-refractivity contribution in [2.75, 3.05) is 20.2 Å². The zero-order valence-corrected chi connectivity index (χ0v) is 14.3. The third kappa shape index (κ3) is 3.88. The summed E-state index contributed by atoms with van der Waals surface area (Å²) in [4.78, 5) is 14.1. The fourth-order valence-corrected chi connectivity index (χ4v) is 3.01. The van der Waals surface area contributed by atoms with Gasteiger partial charge in [0.25, 0.3) is 0 Å². The van der Waals surface area contributed by atoms with Gasteiger partial charge in [-0.25, -0.2) is 4.79 Å². The van der Waals surface area contributed by atoms with Crippen LogP contribution < -0.4 is 5.32 Å². The number of hydrogen-bond donors (Lipinski definition) is 2. The number of aromatic amines is 1. The fraction of sp³-hybridized carbons (Fsp3) is 0.412. The molecule has 2 aromatic rings. The molecule has 1 aromatic heterocycles. The van der Waals surface area contributed by atoms with Gasteiger partial charge in [-0.05, 0) is 30.5 Å². The molecule has 1 saturated heterocycles. The average Bonchev–Trinajstić information content (AvgIpc) is 3.09. The van der Waals surface area contributed by atoms with E-state index in [1.165, 1.54) is 0 Å². The van der Waals surface area contributed by atoms with Gasteiger partial charge >= 0.3 is 6.03 Å². The minimum Gasteiger partial charge on any atom is -0.381 e. The first kappa shape index (κ1) is 16.8. The molecule has 24 heavy (non-hydrogen) atoms. The van der Waals surface area contributed by atoms with Crippen LogP contribution in [-0.4, -0.2) is 47.4 Å². The first-order chi connectivity index (χ1) is 11.7. The SMILES string of the molecule is COC1CCN(C(=O)NCc2cn[nH]c2-c2ccc(Cl)cc2)CC1. The molecule has 0 atom stereocenters. The number of hydrogen-bond acceptors (Lipinski definition) is 3. The number of piperidine rings is 1. The summed E-state index contributed by atoms with van der Waals surface area (Å²) in [6.07, 6.45) is 3.76. The summed E-state index contributed by atoms with van der Waals surface area (Å²) in [6, 6.07) is 7.47. The van der Waals surface area contributed by atoms with Crippen LogP contribution >= 0.6 is 11.6 Å². The highest BCUT2D eigenvalue weighted by atomic mass is 35.5. The van der Waals surface area contributed by atoms with Gasteiger partial charge in [-0.3, -0.25) is 5.10 Å². The van der Waals surface area contributed by atoms with Crippen molar-refractivity contribution in [3.05, 3.63) is 41.0 Å². The van der Waals surface area contributed by atoms with Crippen molar-refractivity contribution in [3.63, 3.8) is 0 Å². The number of urea groups is 1. The Hall–Kier alpha value is -2.05. The maximum Gasteiger partial charge on any atom is 0.317 e.